The number of anilines is 1. The highest BCUT2D eigenvalue weighted by Gasteiger charge is 2.42. The normalized spacial score (nSPS) is 25.4. The van der Waals surface area contributed by atoms with Crippen LogP contribution in [0.25, 0.3) is 0 Å². The number of aliphatic carboxylic acids is 1. The molecular weight excluding hydrogens is 334 g/mol. The van der Waals surface area contributed by atoms with Crippen molar-refractivity contribution < 1.29 is 19.4 Å². The van der Waals surface area contributed by atoms with Gasteiger partial charge in [-0.2, -0.15) is 0 Å². The molecule has 0 bridgehead atoms. The summed E-state index contributed by atoms with van der Waals surface area (Å²) < 4.78 is 5.43. The van der Waals surface area contributed by atoms with Crippen molar-refractivity contribution >= 4 is 17.7 Å². The lowest BCUT2D eigenvalue weighted by Gasteiger charge is -2.22. The molecule has 1 aromatic rings. The van der Waals surface area contributed by atoms with Gasteiger partial charge in [0.1, 0.15) is 5.75 Å². The molecule has 26 heavy (non-hydrogen) atoms. The van der Waals surface area contributed by atoms with Crippen LogP contribution < -0.4 is 15.0 Å². The van der Waals surface area contributed by atoms with Crippen molar-refractivity contribution in [1.29, 1.82) is 0 Å². The second-order valence-electron chi connectivity index (χ2n) is 7.50. The first-order chi connectivity index (χ1) is 12.4. The molecule has 2 amide bonds. The van der Waals surface area contributed by atoms with Crippen LogP contribution in [0.3, 0.4) is 0 Å². The second kappa shape index (κ2) is 7.43. The van der Waals surface area contributed by atoms with Gasteiger partial charge in [0.25, 0.3) is 0 Å². The van der Waals surface area contributed by atoms with E-state index in [9.17, 15) is 14.7 Å². The standard InChI is InChI=1S/C19H27N3O4/c1-19(17(23)24)8-10-22(13-19)18(25)20-11-14-7-9-21(12-14)15-5-3-4-6-16(15)26-2/h3-6,14H,7-13H2,1-2H3,(H,20,25)(H,23,24). The van der Waals surface area contributed by atoms with Crippen molar-refractivity contribution in [2.24, 2.45) is 11.3 Å². The lowest BCUT2D eigenvalue weighted by atomic mass is 9.90. The molecule has 0 spiro atoms. The topological polar surface area (TPSA) is 82.1 Å². The van der Waals surface area contributed by atoms with E-state index < -0.39 is 11.4 Å². The van der Waals surface area contributed by atoms with E-state index in [4.69, 9.17) is 4.74 Å². The van der Waals surface area contributed by atoms with Crippen molar-refractivity contribution in [3.63, 3.8) is 0 Å². The number of carbonyl (C=O) groups is 2. The summed E-state index contributed by atoms with van der Waals surface area (Å²) >= 11 is 0. The highest BCUT2D eigenvalue weighted by molar-refractivity contribution is 5.79. The first-order valence-corrected chi connectivity index (χ1v) is 9.07. The van der Waals surface area contributed by atoms with Gasteiger partial charge in [0, 0.05) is 32.7 Å². The van der Waals surface area contributed by atoms with Crippen LogP contribution in [0.1, 0.15) is 19.8 Å². The third kappa shape index (κ3) is 3.71. The van der Waals surface area contributed by atoms with Gasteiger partial charge in [-0.05, 0) is 37.8 Å². The van der Waals surface area contributed by atoms with Gasteiger partial charge in [0.2, 0.25) is 0 Å². The molecule has 3 rings (SSSR count). The van der Waals surface area contributed by atoms with E-state index in [1.165, 1.54) is 0 Å². The van der Waals surface area contributed by atoms with E-state index >= 15 is 0 Å². The average Bonchev–Trinajstić information content (AvgIpc) is 3.27. The third-order valence-electron chi connectivity index (χ3n) is 5.53. The molecule has 0 aromatic heterocycles. The molecule has 0 saturated carbocycles. The second-order valence-corrected chi connectivity index (χ2v) is 7.50. The number of hydrogen-bond donors (Lipinski definition) is 2. The Morgan fingerprint density at radius 3 is 2.81 bits per heavy atom. The van der Waals surface area contributed by atoms with Crippen molar-refractivity contribution in [3.05, 3.63) is 24.3 Å². The SMILES string of the molecule is COc1ccccc1N1CCC(CNC(=O)N2CCC(C)(C(=O)O)C2)C1. The van der Waals surface area contributed by atoms with Gasteiger partial charge in [-0.3, -0.25) is 4.79 Å². The number of hydrogen-bond acceptors (Lipinski definition) is 4. The summed E-state index contributed by atoms with van der Waals surface area (Å²) in [5.41, 5.74) is 0.256. The molecule has 2 saturated heterocycles. The maximum absolute atomic E-state index is 12.4. The van der Waals surface area contributed by atoms with E-state index in [0.29, 0.717) is 25.4 Å². The lowest BCUT2D eigenvalue weighted by Crippen LogP contribution is -2.42. The number of para-hydroxylation sites is 2. The van der Waals surface area contributed by atoms with E-state index in [2.05, 4.69) is 16.3 Å². The molecule has 1 aromatic carbocycles. The predicted molar refractivity (Wildman–Crippen MR) is 98.6 cm³/mol. The Balaban J connectivity index is 1.49. The molecule has 2 aliphatic rings. The Morgan fingerprint density at radius 1 is 1.35 bits per heavy atom. The number of ether oxygens (including phenoxy) is 1. The first-order valence-electron chi connectivity index (χ1n) is 9.07. The van der Waals surface area contributed by atoms with Gasteiger partial charge in [-0.15, -0.1) is 0 Å². The molecule has 2 fully saturated rings. The van der Waals surface area contributed by atoms with E-state index in [0.717, 1.165) is 30.9 Å². The van der Waals surface area contributed by atoms with E-state index in [1.54, 1.807) is 18.9 Å². The highest BCUT2D eigenvalue weighted by Crippen LogP contribution is 2.32. The van der Waals surface area contributed by atoms with Gasteiger partial charge < -0.3 is 25.0 Å². The molecule has 0 aliphatic carbocycles. The molecule has 2 heterocycles. The summed E-state index contributed by atoms with van der Waals surface area (Å²) in [5.74, 6) is 0.399. The van der Waals surface area contributed by atoms with Gasteiger partial charge in [-0.25, -0.2) is 4.79 Å². The zero-order chi connectivity index (χ0) is 18.7. The number of likely N-dealkylation sites (tertiary alicyclic amines) is 1. The Morgan fingerprint density at radius 2 is 2.12 bits per heavy atom. The number of urea groups is 1. The van der Waals surface area contributed by atoms with Crippen LogP contribution in [0.2, 0.25) is 0 Å². The Labute approximate surface area is 153 Å². The molecule has 2 atom stereocenters. The van der Waals surface area contributed by atoms with Crippen molar-refractivity contribution in [2.45, 2.75) is 19.8 Å². The number of nitrogens with zero attached hydrogens (tertiary/aromatic N) is 2. The number of amides is 2. The molecule has 7 heteroatoms. The zero-order valence-electron chi connectivity index (χ0n) is 15.4. The van der Waals surface area contributed by atoms with Gasteiger partial charge >= 0.3 is 12.0 Å². The average molecular weight is 361 g/mol. The fraction of sp³-hybridized carbons (Fsp3) is 0.579. The van der Waals surface area contributed by atoms with Crippen LogP contribution in [0, 0.1) is 11.3 Å². The van der Waals surface area contributed by atoms with Crippen LogP contribution in [-0.4, -0.2) is 61.8 Å². The van der Waals surface area contributed by atoms with Gasteiger partial charge in [0.05, 0.1) is 18.2 Å². The number of carbonyl (C=O) groups excluding carboxylic acids is 1. The summed E-state index contributed by atoms with van der Waals surface area (Å²) in [5, 5.41) is 12.3. The number of methoxy groups -OCH3 is 1. The smallest absolute Gasteiger partial charge is 0.317 e. The summed E-state index contributed by atoms with van der Waals surface area (Å²) in [7, 11) is 1.67. The molecule has 142 valence electrons. The number of rotatable bonds is 5. The molecular formula is C19H27N3O4. The number of carboxylic acid groups (broad SMARTS) is 1. The minimum Gasteiger partial charge on any atom is -0.495 e. The molecule has 2 aliphatic heterocycles. The predicted octanol–water partition coefficient (Wildman–Crippen LogP) is 2.03. The number of nitrogens with one attached hydrogen (secondary N) is 1. The largest absolute Gasteiger partial charge is 0.495 e. The molecule has 2 unspecified atom stereocenters. The third-order valence-corrected chi connectivity index (χ3v) is 5.53. The monoisotopic (exact) mass is 361 g/mol. The van der Waals surface area contributed by atoms with Crippen LogP contribution in [-0.2, 0) is 4.79 Å². The van der Waals surface area contributed by atoms with E-state index in [1.807, 2.05) is 18.2 Å². The highest BCUT2D eigenvalue weighted by atomic mass is 16.5. The van der Waals surface area contributed by atoms with Crippen molar-refractivity contribution in [3.8, 4) is 5.75 Å². The van der Waals surface area contributed by atoms with Crippen LogP contribution in [0.5, 0.6) is 5.75 Å². The van der Waals surface area contributed by atoms with Crippen molar-refractivity contribution in [2.75, 3.05) is 44.7 Å². The van der Waals surface area contributed by atoms with Crippen molar-refractivity contribution in [1.82, 2.24) is 10.2 Å². The number of carboxylic acids is 1. The summed E-state index contributed by atoms with van der Waals surface area (Å²) in [6.07, 6.45) is 1.51. The van der Waals surface area contributed by atoms with Crippen LogP contribution in [0.4, 0.5) is 10.5 Å². The molecule has 2 N–H and O–H groups in total. The maximum atomic E-state index is 12.4. The van der Waals surface area contributed by atoms with Crippen LogP contribution in [0.15, 0.2) is 24.3 Å². The fourth-order valence-corrected chi connectivity index (χ4v) is 3.76. The fourth-order valence-electron chi connectivity index (χ4n) is 3.76. The summed E-state index contributed by atoms with van der Waals surface area (Å²) in [6, 6.07) is 7.80. The Hall–Kier alpha value is -2.44. The van der Waals surface area contributed by atoms with Gasteiger partial charge in [0.15, 0.2) is 0 Å². The van der Waals surface area contributed by atoms with Gasteiger partial charge in [-0.1, -0.05) is 12.1 Å². The van der Waals surface area contributed by atoms with E-state index in [-0.39, 0.29) is 12.6 Å². The zero-order valence-corrected chi connectivity index (χ0v) is 15.4. The number of benzene rings is 1. The first kappa shape index (κ1) is 18.4. The molecule has 7 nitrogen and oxygen atoms in total. The maximum Gasteiger partial charge on any atom is 0.317 e. The Kier molecular flexibility index (Phi) is 5.25. The minimum atomic E-state index is -0.837. The van der Waals surface area contributed by atoms with Crippen LogP contribution >= 0.6 is 0 Å². The minimum absolute atomic E-state index is 0.161. The quantitative estimate of drug-likeness (QED) is 0.839. The Bertz CT molecular complexity index is 681. The molecule has 0 radical (unpaired) electrons. The lowest BCUT2D eigenvalue weighted by molar-refractivity contribution is -0.147. The summed E-state index contributed by atoms with van der Waals surface area (Å²) in [6.45, 7) is 4.86. The summed E-state index contributed by atoms with van der Waals surface area (Å²) in [4.78, 5) is 27.6.